The van der Waals surface area contributed by atoms with Gasteiger partial charge in [0.05, 0.1) is 0 Å². The van der Waals surface area contributed by atoms with Crippen molar-refractivity contribution in [2.75, 3.05) is 13.2 Å². The lowest BCUT2D eigenvalue weighted by Crippen LogP contribution is -2.28. The summed E-state index contributed by atoms with van der Waals surface area (Å²) in [6.45, 7) is 0.323. The van der Waals surface area contributed by atoms with Gasteiger partial charge in [-0.3, -0.25) is 0 Å². The molecule has 0 bridgehead atoms. The van der Waals surface area contributed by atoms with Gasteiger partial charge in [-0.2, -0.15) is 0 Å². The zero-order chi connectivity index (χ0) is 12.1. The topological polar surface area (TPSA) is 40.5 Å². The quantitative estimate of drug-likeness (QED) is 0.738. The lowest BCUT2D eigenvalue weighted by molar-refractivity contribution is 0.184. The molecule has 0 spiro atoms. The van der Waals surface area contributed by atoms with Crippen molar-refractivity contribution in [3.05, 3.63) is 47.6 Å². The van der Waals surface area contributed by atoms with Gasteiger partial charge in [-0.1, -0.05) is 47.6 Å². The van der Waals surface area contributed by atoms with E-state index in [2.05, 4.69) is 36.5 Å². The van der Waals surface area contributed by atoms with Gasteiger partial charge in [0.1, 0.15) is 0 Å². The van der Waals surface area contributed by atoms with E-state index in [-0.39, 0.29) is 18.6 Å². The van der Waals surface area contributed by atoms with Gasteiger partial charge in [-0.15, -0.1) is 0 Å². The molecule has 0 aromatic carbocycles. The summed E-state index contributed by atoms with van der Waals surface area (Å²) < 4.78 is 0. The van der Waals surface area contributed by atoms with Gasteiger partial charge in [-0.05, 0) is 25.7 Å². The first kappa shape index (κ1) is 12.3. The Bertz CT molecular complexity index is 348. The van der Waals surface area contributed by atoms with Crippen LogP contribution in [0.5, 0.6) is 0 Å². The van der Waals surface area contributed by atoms with E-state index >= 15 is 0 Å². The second kappa shape index (κ2) is 5.48. The highest BCUT2D eigenvalue weighted by Gasteiger charge is 2.36. The van der Waals surface area contributed by atoms with Crippen molar-refractivity contribution in [1.82, 2.24) is 0 Å². The molecule has 0 fully saturated rings. The highest BCUT2D eigenvalue weighted by Crippen LogP contribution is 2.47. The zero-order valence-electron chi connectivity index (χ0n) is 10.1. The number of rotatable bonds is 6. The zero-order valence-corrected chi connectivity index (χ0v) is 10.1. The largest absolute Gasteiger partial charge is 0.396 e. The monoisotopic (exact) mass is 232 g/mol. The van der Waals surface area contributed by atoms with Crippen LogP contribution in [0.4, 0.5) is 0 Å². The Morgan fingerprint density at radius 1 is 0.882 bits per heavy atom. The molecule has 0 saturated carbocycles. The molecule has 0 atom stereocenters. The van der Waals surface area contributed by atoms with Gasteiger partial charge in [-0.25, -0.2) is 0 Å². The molecule has 0 saturated heterocycles. The summed E-state index contributed by atoms with van der Waals surface area (Å²) in [4.78, 5) is 0. The molecule has 0 heterocycles. The highest BCUT2D eigenvalue weighted by molar-refractivity contribution is 5.41. The Morgan fingerprint density at radius 3 is 1.65 bits per heavy atom. The van der Waals surface area contributed by atoms with Crippen LogP contribution in [0, 0.1) is 5.41 Å². The van der Waals surface area contributed by atoms with E-state index < -0.39 is 0 Å². The molecule has 2 aliphatic carbocycles. The second-order valence-electron chi connectivity index (χ2n) is 4.68. The molecule has 2 nitrogen and oxygen atoms in total. The van der Waals surface area contributed by atoms with Crippen molar-refractivity contribution in [1.29, 1.82) is 0 Å². The summed E-state index contributed by atoms with van der Waals surface area (Å²) >= 11 is 0. The first-order chi connectivity index (χ1) is 8.33. The molecule has 92 valence electrons. The summed E-state index contributed by atoms with van der Waals surface area (Å²) in [5.74, 6) is 0. The van der Waals surface area contributed by atoms with E-state index in [0.717, 1.165) is 12.8 Å². The molecule has 2 heteroatoms. The molecule has 0 aromatic heterocycles. The first-order valence-electron chi connectivity index (χ1n) is 6.27. The molecule has 0 aliphatic heterocycles. The maximum atomic E-state index is 9.37. The predicted molar refractivity (Wildman–Crippen MR) is 69.5 cm³/mol. The van der Waals surface area contributed by atoms with Crippen LogP contribution in [-0.2, 0) is 0 Å². The van der Waals surface area contributed by atoms with E-state index in [1.54, 1.807) is 0 Å². The third-order valence-electron chi connectivity index (χ3n) is 3.85. The molecule has 2 N–H and O–H groups in total. The summed E-state index contributed by atoms with van der Waals surface area (Å²) in [7, 11) is 0. The third-order valence-corrected chi connectivity index (χ3v) is 3.85. The Labute approximate surface area is 103 Å². The standard InChI is InChI=1S/C15H20O2/c16-11-9-15(10-12-17,13-5-1-2-6-13)14-7-3-4-8-14/h1-5,7,16-17H,6,8-12H2. The Hall–Kier alpha value is -1.12. The Kier molecular flexibility index (Phi) is 3.97. The van der Waals surface area contributed by atoms with Crippen molar-refractivity contribution in [3.63, 3.8) is 0 Å². The fourth-order valence-corrected chi connectivity index (χ4v) is 2.96. The number of allylic oxidation sites excluding steroid dienone is 8. The first-order valence-corrected chi connectivity index (χ1v) is 6.27. The molecule has 0 aromatic rings. The van der Waals surface area contributed by atoms with E-state index in [9.17, 15) is 10.2 Å². The molecule has 0 radical (unpaired) electrons. The molecular weight excluding hydrogens is 212 g/mol. The third kappa shape index (κ3) is 2.28. The van der Waals surface area contributed by atoms with Crippen molar-refractivity contribution in [3.8, 4) is 0 Å². The summed E-state index contributed by atoms with van der Waals surface area (Å²) in [5, 5.41) is 18.7. The fraction of sp³-hybridized carbons (Fsp3) is 0.467. The van der Waals surface area contributed by atoms with Gasteiger partial charge in [0.2, 0.25) is 0 Å². The minimum Gasteiger partial charge on any atom is -0.396 e. The van der Waals surface area contributed by atoms with Crippen LogP contribution in [0.3, 0.4) is 0 Å². The average Bonchev–Trinajstić information content (AvgIpc) is 3.02. The number of aliphatic hydroxyl groups excluding tert-OH is 2. The van der Waals surface area contributed by atoms with Crippen LogP contribution in [0.15, 0.2) is 47.6 Å². The summed E-state index contributed by atoms with van der Waals surface area (Å²) in [6.07, 6.45) is 16.0. The van der Waals surface area contributed by atoms with Gasteiger partial charge in [0, 0.05) is 18.6 Å². The van der Waals surface area contributed by atoms with E-state index in [4.69, 9.17) is 0 Å². The van der Waals surface area contributed by atoms with E-state index in [1.807, 2.05) is 0 Å². The minimum atomic E-state index is -0.142. The maximum absolute atomic E-state index is 9.37. The smallest absolute Gasteiger partial charge is 0.0442 e. The fourth-order valence-electron chi connectivity index (χ4n) is 2.96. The average molecular weight is 232 g/mol. The molecule has 0 unspecified atom stereocenters. The Balaban J connectivity index is 2.31. The molecular formula is C15H20O2. The normalized spacial score (nSPS) is 18.7. The van der Waals surface area contributed by atoms with Crippen LogP contribution in [0.25, 0.3) is 0 Å². The number of aliphatic hydroxyl groups is 2. The van der Waals surface area contributed by atoms with Crippen LogP contribution in [0.1, 0.15) is 25.7 Å². The molecule has 2 aliphatic rings. The van der Waals surface area contributed by atoms with E-state index in [0.29, 0.717) is 12.8 Å². The maximum Gasteiger partial charge on any atom is 0.0442 e. The van der Waals surface area contributed by atoms with Crippen LogP contribution in [0.2, 0.25) is 0 Å². The van der Waals surface area contributed by atoms with Crippen molar-refractivity contribution in [2.24, 2.45) is 5.41 Å². The molecule has 2 rings (SSSR count). The number of hydrogen-bond acceptors (Lipinski definition) is 2. The van der Waals surface area contributed by atoms with Crippen molar-refractivity contribution < 1.29 is 10.2 Å². The van der Waals surface area contributed by atoms with Crippen molar-refractivity contribution >= 4 is 0 Å². The van der Waals surface area contributed by atoms with Gasteiger partial charge in [0.25, 0.3) is 0 Å². The molecule has 17 heavy (non-hydrogen) atoms. The van der Waals surface area contributed by atoms with Crippen molar-refractivity contribution in [2.45, 2.75) is 25.7 Å². The van der Waals surface area contributed by atoms with Gasteiger partial charge >= 0.3 is 0 Å². The van der Waals surface area contributed by atoms with Gasteiger partial charge < -0.3 is 10.2 Å². The summed E-state index contributed by atoms with van der Waals surface area (Å²) in [5.41, 5.74) is 2.52. The minimum absolute atomic E-state index is 0.142. The Morgan fingerprint density at radius 2 is 1.35 bits per heavy atom. The number of hydrogen-bond donors (Lipinski definition) is 2. The lowest BCUT2D eigenvalue weighted by atomic mass is 9.68. The van der Waals surface area contributed by atoms with E-state index in [1.165, 1.54) is 11.1 Å². The SMILES string of the molecule is OCCC(CCO)(C1=CC=CC1)C1=CC=CC1. The second-order valence-corrected chi connectivity index (χ2v) is 4.68. The van der Waals surface area contributed by atoms with Gasteiger partial charge in [0.15, 0.2) is 0 Å². The molecule has 0 amide bonds. The highest BCUT2D eigenvalue weighted by atomic mass is 16.3. The van der Waals surface area contributed by atoms with Crippen LogP contribution < -0.4 is 0 Å². The lowest BCUT2D eigenvalue weighted by Gasteiger charge is -2.36. The predicted octanol–water partition coefficient (Wildman–Crippen LogP) is 2.51. The van der Waals surface area contributed by atoms with Crippen LogP contribution >= 0.6 is 0 Å². The summed E-state index contributed by atoms with van der Waals surface area (Å²) in [6, 6.07) is 0. The van der Waals surface area contributed by atoms with Crippen LogP contribution in [-0.4, -0.2) is 23.4 Å².